The zero-order valence-corrected chi connectivity index (χ0v) is 16.5. The van der Waals surface area contributed by atoms with E-state index in [1.165, 1.54) is 4.90 Å². The summed E-state index contributed by atoms with van der Waals surface area (Å²) in [5.41, 5.74) is -1.26. The molecule has 2 aromatic rings. The van der Waals surface area contributed by atoms with Crippen LogP contribution in [0, 0.1) is 18.4 Å². The molecule has 3 saturated heterocycles. The van der Waals surface area contributed by atoms with Crippen LogP contribution < -0.4 is 4.90 Å². The Bertz CT molecular complexity index is 1120. The Morgan fingerprint density at radius 1 is 1.17 bits per heavy atom. The van der Waals surface area contributed by atoms with Crippen LogP contribution in [0.5, 0.6) is 0 Å². The van der Waals surface area contributed by atoms with Gasteiger partial charge < -0.3 is 14.9 Å². The van der Waals surface area contributed by atoms with Crippen LogP contribution in [0.15, 0.2) is 36.4 Å². The second-order valence-electron chi connectivity index (χ2n) is 8.40. The number of nitrogens with zero attached hydrogens (tertiary/aromatic N) is 2. The maximum atomic E-state index is 13.6. The van der Waals surface area contributed by atoms with Crippen LogP contribution in [0.25, 0.3) is 15.6 Å². The van der Waals surface area contributed by atoms with Crippen molar-refractivity contribution in [3.63, 3.8) is 0 Å². The van der Waals surface area contributed by atoms with E-state index in [2.05, 4.69) is 4.85 Å². The van der Waals surface area contributed by atoms with Crippen LogP contribution in [-0.2, 0) is 14.3 Å². The Kier molecular flexibility index (Phi) is 4.06. The van der Waals surface area contributed by atoms with E-state index >= 15 is 0 Å². The van der Waals surface area contributed by atoms with E-state index in [0.29, 0.717) is 28.6 Å². The van der Waals surface area contributed by atoms with Gasteiger partial charge in [-0.1, -0.05) is 37.3 Å². The summed E-state index contributed by atoms with van der Waals surface area (Å²) in [6, 6.07) is 10.5. The van der Waals surface area contributed by atoms with Gasteiger partial charge >= 0.3 is 0 Å². The molecule has 5 atom stereocenters. The Balaban J connectivity index is 1.68. The molecule has 0 radical (unpaired) electrons. The van der Waals surface area contributed by atoms with Gasteiger partial charge in [0.25, 0.3) is 0 Å². The van der Waals surface area contributed by atoms with E-state index in [-0.39, 0.29) is 31.3 Å². The number of fused-ring (bicyclic) bond motifs is 6. The smallest absolute Gasteiger partial charge is 0.240 e. The van der Waals surface area contributed by atoms with Crippen molar-refractivity contribution in [1.82, 2.24) is 0 Å². The average molecular weight is 406 g/mol. The fourth-order valence-corrected chi connectivity index (χ4v) is 5.96. The van der Waals surface area contributed by atoms with Gasteiger partial charge in [0.15, 0.2) is 5.69 Å². The predicted octanol–water partition coefficient (Wildman–Crippen LogP) is 2.56. The summed E-state index contributed by atoms with van der Waals surface area (Å²) in [5, 5.41) is 21.8. The minimum atomic E-state index is -1.12. The second kappa shape index (κ2) is 6.35. The van der Waals surface area contributed by atoms with Crippen molar-refractivity contribution in [2.24, 2.45) is 11.8 Å². The molecular weight excluding hydrogens is 384 g/mol. The molecule has 154 valence electrons. The Labute approximate surface area is 173 Å². The Morgan fingerprint density at radius 3 is 2.53 bits per heavy atom. The number of amides is 2. The van der Waals surface area contributed by atoms with Crippen LogP contribution in [0.1, 0.15) is 26.2 Å². The summed E-state index contributed by atoms with van der Waals surface area (Å²) >= 11 is 0. The monoisotopic (exact) mass is 406 g/mol. The van der Waals surface area contributed by atoms with Gasteiger partial charge in [0.2, 0.25) is 11.8 Å². The lowest BCUT2D eigenvalue weighted by Gasteiger charge is -2.34. The van der Waals surface area contributed by atoms with Gasteiger partial charge in [-0.25, -0.2) is 9.74 Å². The van der Waals surface area contributed by atoms with Crippen LogP contribution >= 0.6 is 0 Å². The van der Waals surface area contributed by atoms with Crippen LogP contribution in [0.2, 0.25) is 0 Å². The molecule has 2 amide bonds. The number of carbonyl (C=O) groups excluding carboxylic acids is 2. The lowest BCUT2D eigenvalue weighted by molar-refractivity contribution is -0.137. The number of carbonyl (C=O) groups is 2. The summed E-state index contributed by atoms with van der Waals surface area (Å²) in [6.45, 7) is 9.06. The zero-order chi connectivity index (χ0) is 21.3. The van der Waals surface area contributed by atoms with Gasteiger partial charge in [-0.2, -0.15) is 0 Å². The van der Waals surface area contributed by atoms with Crippen molar-refractivity contribution in [2.75, 3.05) is 11.5 Å². The molecule has 3 aliphatic rings. The summed E-state index contributed by atoms with van der Waals surface area (Å²) in [7, 11) is 0. The van der Waals surface area contributed by atoms with Crippen molar-refractivity contribution in [3.8, 4) is 0 Å². The van der Waals surface area contributed by atoms with Crippen LogP contribution in [0.4, 0.5) is 11.4 Å². The largest absolute Gasteiger partial charge is 0.396 e. The van der Waals surface area contributed by atoms with E-state index < -0.39 is 29.1 Å². The van der Waals surface area contributed by atoms with E-state index in [4.69, 9.17) is 11.3 Å². The maximum Gasteiger partial charge on any atom is 0.240 e. The number of aliphatic hydroxyl groups excluding tert-OH is 2. The highest BCUT2D eigenvalue weighted by atomic mass is 16.6. The Morgan fingerprint density at radius 2 is 1.87 bits per heavy atom. The second-order valence-corrected chi connectivity index (χ2v) is 8.40. The fraction of sp³-hybridized carbons (Fsp3) is 0.435. The minimum absolute atomic E-state index is 0.192. The number of hydrogen-bond donors (Lipinski definition) is 2. The zero-order valence-electron chi connectivity index (χ0n) is 16.5. The normalized spacial score (nSPS) is 34.6. The summed E-state index contributed by atoms with van der Waals surface area (Å²) in [6.07, 6.45) is -0.0510. The summed E-state index contributed by atoms with van der Waals surface area (Å²) in [5.74, 6) is -2.27. The van der Waals surface area contributed by atoms with E-state index in [1.807, 2.05) is 19.1 Å². The molecule has 2 unspecified atom stereocenters. The van der Waals surface area contributed by atoms with Crippen molar-refractivity contribution < 1.29 is 24.5 Å². The Hall–Kier alpha value is -2.79. The van der Waals surface area contributed by atoms with E-state index in [1.54, 1.807) is 24.3 Å². The highest BCUT2D eigenvalue weighted by molar-refractivity contribution is 6.26. The lowest BCUT2D eigenvalue weighted by atomic mass is 9.64. The van der Waals surface area contributed by atoms with Gasteiger partial charge in [-0.05, 0) is 23.3 Å². The molecule has 3 fully saturated rings. The lowest BCUT2D eigenvalue weighted by Crippen LogP contribution is -2.51. The predicted molar refractivity (Wildman–Crippen MR) is 109 cm³/mol. The first-order chi connectivity index (χ1) is 14.4. The molecule has 5 rings (SSSR count). The number of anilines is 1. The number of ether oxygens (including phenoxy) is 1. The molecule has 3 heterocycles. The summed E-state index contributed by atoms with van der Waals surface area (Å²) < 4.78 is 6.25. The molecule has 0 saturated carbocycles. The van der Waals surface area contributed by atoms with Crippen molar-refractivity contribution >= 4 is 34.0 Å². The highest BCUT2D eigenvalue weighted by Gasteiger charge is 2.77. The van der Waals surface area contributed by atoms with Crippen molar-refractivity contribution in [3.05, 3.63) is 47.8 Å². The standard InChI is InChI=1S/C23H22N2O5/c1-3-23-17(27)12-22(30-23,10-11-26)18-19(23)21(29)25(20(18)28)16-9-8-15(24-2)13-6-4-5-7-14(13)16/h4-9,17-19,26-27H,3,10-12H2,1H3/t17-,18+,19-,22?,23?/m1/s1. The third-order valence-electron chi connectivity index (χ3n) is 7.22. The third kappa shape index (κ3) is 2.13. The van der Waals surface area contributed by atoms with Gasteiger partial charge in [0, 0.05) is 19.4 Å². The summed E-state index contributed by atoms with van der Waals surface area (Å²) in [4.78, 5) is 32.0. The van der Waals surface area contributed by atoms with Gasteiger partial charge in [0.05, 0.1) is 35.8 Å². The average Bonchev–Trinajstić information content (AvgIpc) is 3.31. The molecule has 2 aromatic carbocycles. The minimum Gasteiger partial charge on any atom is -0.396 e. The maximum absolute atomic E-state index is 13.6. The van der Waals surface area contributed by atoms with Crippen LogP contribution in [0.3, 0.4) is 0 Å². The molecule has 30 heavy (non-hydrogen) atoms. The molecular formula is C23H22N2O5. The first kappa shape index (κ1) is 19.2. The number of hydrogen-bond acceptors (Lipinski definition) is 5. The molecule has 0 aromatic heterocycles. The SMILES string of the molecule is [C-]#[N+]c1ccc(N2C(=O)[C@@H]3[C@H](C2=O)C2(CC)OC3(CCO)C[C@H]2O)c2ccccc12. The molecule has 0 spiro atoms. The first-order valence-electron chi connectivity index (χ1n) is 10.2. The molecule has 2 N–H and O–H groups in total. The van der Waals surface area contributed by atoms with E-state index in [0.717, 1.165) is 0 Å². The number of aliphatic hydroxyl groups is 2. The van der Waals surface area contributed by atoms with Gasteiger partial charge in [0.1, 0.15) is 5.60 Å². The van der Waals surface area contributed by atoms with Crippen molar-refractivity contribution in [1.29, 1.82) is 0 Å². The molecule has 3 aliphatic heterocycles. The number of imide groups is 1. The van der Waals surface area contributed by atoms with Gasteiger partial charge in [-0.15, -0.1) is 0 Å². The van der Waals surface area contributed by atoms with Crippen molar-refractivity contribution in [2.45, 2.75) is 43.5 Å². The van der Waals surface area contributed by atoms with E-state index in [9.17, 15) is 19.8 Å². The van der Waals surface area contributed by atoms with Crippen LogP contribution in [-0.4, -0.2) is 45.9 Å². The number of rotatable bonds is 4. The molecule has 7 heteroatoms. The van der Waals surface area contributed by atoms with Gasteiger partial charge in [-0.3, -0.25) is 9.59 Å². The molecule has 0 aliphatic carbocycles. The third-order valence-corrected chi connectivity index (χ3v) is 7.22. The number of benzene rings is 2. The quantitative estimate of drug-likeness (QED) is 0.602. The topological polar surface area (TPSA) is 91.4 Å². The highest BCUT2D eigenvalue weighted by Crippen LogP contribution is 2.63. The molecule has 7 nitrogen and oxygen atoms in total. The molecule has 2 bridgehead atoms. The fourth-order valence-electron chi connectivity index (χ4n) is 5.96. The first-order valence-corrected chi connectivity index (χ1v) is 10.2.